The second-order valence-electron chi connectivity index (χ2n) is 4.51. The normalized spacial score (nSPS) is 19.5. The summed E-state index contributed by atoms with van der Waals surface area (Å²) in [6.45, 7) is 3.26. The number of rotatable bonds is 2. The van der Waals surface area contributed by atoms with Crippen molar-refractivity contribution in [3.8, 4) is 0 Å². The number of nitrogens with zero attached hydrogens (tertiary/aromatic N) is 1. The number of hydrogen-bond donors (Lipinski definition) is 1. The molecule has 1 aliphatic heterocycles. The van der Waals surface area contributed by atoms with Crippen LogP contribution in [-0.2, 0) is 4.74 Å². The van der Waals surface area contributed by atoms with Crippen molar-refractivity contribution in [1.82, 2.24) is 4.90 Å². The number of nitrogens with two attached hydrogens (primary N) is 1. The van der Waals surface area contributed by atoms with Crippen molar-refractivity contribution < 1.29 is 18.3 Å². The van der Waals surface area contributed by atoms with Crippen LogP contribution in [0.1, 0.15) is 23.7 Å². The second kappa shape index (κ2) is 5.52. The Hall–Kier alpha value is -1.69. The van der Waals surface area contributed by atoms with Crippen molar-refractivity contribution in [2.45, 2.75) is 19.4 Å². The zero-order valence-electron chi connectivity index (χ0n) is 10.7. The topological polar surface area (TPSA) is 55.6 Å². The fourth-order valence-corrected chi connectivity index (χ4v) is 2.07. The summed E-state index contributed by atoms with van der Waals surface area (Å²) in [7, 11) is 0. The Morgan fingerprint density at radius 1 is 1.47 bits per heavy atom. The number of anilines is 1. The van der Waals surface area contributed by atoms with Crippen molar-refractivity contribution in [3.63, 3.8) is 0 Å². The monoisotopic (exact) mass is 270 g/mol. The van der Waals surface area contributed by atoms with E-state index in [1.807, 2.05) is 6.92 Å². The fourth-order valence-electron chi connectivity index (χ4n) is 2.07. The third-order valence-electron chi connectivity index (χ3n) is 3.20. The molecule has 2 N–H and O–H groups in total. The summed E-state index contributed by atoms with van der Waals surface area (Å²) in [6.07, 6.45) is 0.765. The van der Waals surface area contributed by atoms with E-state index in [9.17, 15) is 13.6 Å². The van der Waals surface area contributed by atoms with Crippen LogP contribution in [0.2, 0.25) is 0 Å². The zero-order chi connectivity index (χ0) is 14.0. The third-order valence-corrected chi connectivity index (χ3v) is 3.20. The minimum atomic E-state index is -1.07. The maximum Gasteiger partial charge on any atom is 0.256 e. The first-order valence-corrected chi connectivity index (χ1v) is 6.18. The SMILES string of the molecule is CCC1CN(C(=O)c2cc(F)c(F)cc2N)CCO1. The van der Waals surface area contributed by atoms with Gasteiger partial charge in [0.2, 0.25) is 0 Å². The summed E-state index contributed by atoms with van der Waals surface area (Å²) in [5.41, 5.74) is 5.52. The van der Waals surface area contributed by atoms with Gasteiger partial charge in [0, 0.05) is 24.8 Å². The molecule has 0 radical (unpaired) electrons. The van der Waals surface area contributed by atoms with Gasteiger partial charge in [0.15, 0.2) is 11.6 Å². The maximum absolute atomic E-state index is 13.2. The number of benzene rings is 1. The van der Waals surface area contributed by atoms with Crippen LogP contribution in [-0.4, -0.2) is 36.6 Å². The van der Waals surface area contributed by atoms with Gasteiger partial charge in [-0.3, -0.25) is 4.79 Å². The lowest BCUT2D eigenvalue weighted by atomic mass is 10.1. The van der Waals surface area contributed by atoms with E-state index in [0.29, 0.717) is 19.7 Å². The van der Waals surface area contributed by atoms with E-state index in [1.165, 1.54) is 0 Å². The molecule has 104 valence electrons. The summed E-state index contributed by atoms with van der Waals surface area (Å²) in [5.74, 6) is -2.52. The highest BCUT2D eigenvalue weighted by Gasteiger charge is 2.26. The molecule has 0 aliphatic carbocycles. The number of halogens is 2. The Labute approximate surface area is 110 Å². The van der Waals surface area contributed by atoms with E-state index < -0.39 is 17.5 Å². The molecule has 1 heterocycles. The number of nitrogen functional groups attached to an aromatic ring is 1. The van der Waals surface area contributed by atoms with Crippen molar-refractivity contribution >= 4 is 11.6 Å². The Kier molecular flexibility index (Phi) is 3.99. The molecule has 0 spiro atoms. The van der Waals surface area contributed by atoms with Crippen LogP contribution in [0.5, 0.6) is 0 Å². The molecule has 1 aromatic carbocycles. The molecular weight excluding hydrogens is 254 g/mol. The lowest BCUT2D eigenvalue weighted by molar-refractivity contribution is -0.0226. The van der Waals surface area contributed by atoms with Gasteiger partial charge in [0.25, 0.3) is 5.91 Å². The van der Waals surface area contributed by atoms with Gasteiger partial charge < -0.3 is 15.4 Å². The highest BCUT2D eigenvalue weighted by molar-refractivity contribution is 5.99. The predicted molar refractivity (Wildman–Crippen MR) is 66.7 cm³/mol. The Morgan fingerprint density at radius 2 is 2.16 bits per heavy atom. The maximum atomic E-state index is 13.2. The van der Waals surface area contributed by atoms with Crippen molar-refractivity contribution in [2.75, 3.05) is 25.4 Å². The highest BCUT2D eigenvalue weighted by atomic mass is 19.2. The van der Waals surface area contributed by atoms with Crippen LogP contribution in [0.15, 0.2) is 12.1 Å². The zero-order valence-corrected chi connectivity index (χ0v) is 10.7. The molecule has 1 saturated heterocycles. The minimum Gasteiger partial charge on any atom is -0.398 e. The molecule has 1 unspecified atom stereocenters. The van der Waals surface area contributed by atoms with E-state index in [2.05, 4.69) is 0 Å². The average Bonchev–Trinajstić information content (AvgIpc) is 2.42. The van der Waals surface area contributed by atoms with Crippen molar-refractivity contribution in [2.24, 2.45) is 0 Å². The summed E-state index contributed by atoms with van der Waals surface area (Å²) in [4.78, 5) is 13.8. The first-order chi connectivity index (χ1) is 9.02. The number of hydrogen-bond acceptors (Lipinski definition) is 3. The lowest BCUT2D eigenvalue weighted by Gasteiger charge is -2.32. The van der Waals surface area contributed by atoms with Gasteiger partial charge in [-0.25, -0.2) is 8.78 Å². The summed E-state index contributed by atoms with van der Waals surface area (Å²) in [5, 5.41) is 0. The van der Waals surface area contributed by atoms with Gasteiger partial charge in [-0.2, -0.15) is 0 Å². The molecule has 4 nitrogen and oxygen atoms in total. The Balaban J connectivity index is 2.22. The van der Waals surface area contributed by atoms with Crippen molar-refractivity contribution in [1.29, 1.82) is 0 Å². The molecule has 1 amide bonds. The number of carbonyl (C=O) groups is 1. The van der Waals surface area contributed by atoms with E-state index in [4.69, 9.17) is 10.5 Å². The molecule has 1 fully saturated rings. The number of amides is 1. The van der Waals surface area contributed by atoms with Crippen LogP contribution in [0.3, 0.4) is 0 Å². The molecule has 19 heavy (non-hydrogen) atoms. The van der Waals surface area contributed by atoms with E-state index in [1.54, 1.807) is 4.90 Å². The van der Waals surface area contributed by atoms with Crippen LogP contribution >= 0.6 is 0 Å². The molecule has 0 bridgehead atoms. The van der Waals surface area contributed by atoms with Crippen LogP contribution in [0.4, 0.5) is 14.5 Å². The molecular formula is C13H16F2N2O2. The largest absolute Gasteiger partial charge is 0.398 e. The van der Waals surface area contributed by atoms with Gasteiger partial charge in [-0.05, 0) is 12.5 Å². The summed E-state index contributed by atoms with van der Waals surface area (Å²) in [6, 6.07) is 1.68. The van der Waals surface area contributed by atoms with Gasteiger partial charge in [-0.1, -0.05) is 6.92 Å². The van der Waals surface area contributed by atoms with Gasteiger partial charge in [0.1, 0.15) is 0 Å². The van der Waals surface area contributed by atoms with E-state index >= 15 is 0 Å². The van der Waals surface area contributed by atoms with Crippen LogP contribution in [0.25, 0.3) is 0 Å². The van der Waals surface area contributed by atoms with Gasteiger partial charge in [-0.15, -0.1) is 0 Å². The molecule has 6 heteroatoms. The quantitative estimate of drug-likeness (QED) is 0.834. The number of morpholine rings is 1. The minimum absolute atomic E-state index is 0.00402. The molecule has 1 atom stereocenters. The summed E-state index contributed by atoms with van der Waals surface area (Å²) >= 11 is 0. The number of ether oxygens (including phenoxy) is 1. The molecule has 0 saturated carbocycles. The number of carbonyl (C=O) groups excluding carboxylic acids is 1. The van der Waals surface area contributed by atoms with Crippen LogP contribution < -0.4 is 5.73 Å². The van der Waals surface area contributed by atoms with Gasteiger partial charge in [0.05, 0.1) is 18.3 Å². The van der Waals surface area contributed by atoms with E-state index in [-0.39, 0.29) is 17.4 Å². The molecule has 1 aromatic rings. The van der Waals surface area contributed by atoms with Gasteiger partial charge >= 0.3 is 0 Å². The molecule has 2 rings (SSSR count). The Morgan fingerprint density at radius 3 is 2.84 bits per heavy atom. The summed E-state index contributed by atoms with van der Waals surface area (Å²) < 4.78 is 31.6. The average molecular weight is 270 g/mol. The van der Waals surface area contributed by atoms with Crippen molar-refractivity contribution in [3.05, 3.63) is 29.3 Å². The molecule has 1 aliphatic rings. The van der Waals surface area contributed by atoms with E-state index in [0.717, 1.165) is 18.6 Å². The predicted octanol–water partition coefficient (Wildman–Crippen LogP) is 1.80. The Bertz CT molecular complexity index is 494. The smallest absolute Gasteiger partial charge is 0.256 e. The second-order valence-corrected chi connectivity index (χ2v) is 4.51. The van der Waals surface area contributed by atoms with Crippen LogP contribution in [0, 0.1) is 11.6 Å². The molecule has 0 aromatic heterocycles. The fraction of sp³-hybridized carbons (Fsp3) is 0.462. The standard InChI is InChI=1S/C13H16F2N2O2/c1-2-8-7-17(3-4-19-8)13(18)9-5-10(14)11(15)6-12(9)16/h5-6,8H,2-4,7,16H2,1H3. The first-order valence-electron chi connectivity index (χ1n) is 6.18. The third kappa shape index (κ3) is 2.84. The lowest BCUT2D eigenvalue weighted by Crippen LogP contribution is -2.45. The highest BCUT2D eigenvalue weighted by Crippen LogP contribution is 2.20. The first kappa shape index (κ1) is 13.7.